The van der Waals surface area contributed by atoms with Gasteiger partial charge in [-0.25, -0.2) is 14.2 Å². The fraction of sp³-hybridized carbons (Fsp3) is 0.464. The molecule has 0 saturated heterocycles. The Balaban J connectivity index is 1.72. The van der Waals surface area contributed by atoms with E-state index in [-0.39, 0.29) is 23.5 Å². The predicted octanol–water partition coefficient (Wildman–Crippen LogP) is 4.99. The number of aliphatic carboxylic acids is 1. The van der Waals surface area contributed by atoms with Crippen LogP contribution in [0.15, 0.2) is 30.3 Å². The monoisotopic (exact) mass is 525 g/mol. The first-order chi connectivity index (χ1) is 18.2. The van der Waals surface area contributed by atoms with Gasteiger partial charge in [-0.15, -0.1) is 0 Å². The minimum absolute atomic E-state index is 0.0641. The standard InChI is InChI=1S/C28H32FN3O6/c1-15-7-9-19-21(31(15)28(36)38-3)10-11-22-24(19)30-26(25(33)20-14-17(29)8-12-23(20)37-2)32(22)18-6-4-5-16(13-18)27(34)35/h8,10-12,14-16,18,25,33H,4-7,9,13H2,1-3H3,(H,34,35)/t15-,16-,18?,25+/m0/s1. The number of benzene rings is 2. The number of fused-ring (bicyclic) bond motifs is 3. The molecule has 2 aromatic carbocycles. The Labute approximate surface area is 219 Å². The van der Waals surface area contributed by atoms with E-state index >= 15 is 0 Å². The lowest BCUT2D eigenvalue weighted by molar-refractivity contribution is -0.143. The van der Waals surface area contributed by atoms with Crippen LogP contribution in [-0.4, -0.2) is 52.1 Å². The van der Waals surface area contributed by atoms with Gasteiger partial charge in [0.2, 0.25) is 0 Å². The maximum absolute atomic E-state index is 14.3. The van der Waals surface area contributed by atoms with Crippen molar-refractivity contribution in [3.05, 3.63) is 53.1 Å². The number of ether oxygens (including phenoxy) is 2. The van der Waals surface area contributed by atoms with E-state index in [0.717, 1.165) is 23.9 Å². The molecule has 1 aliphatic heterocycles. The van der Waals surface area contributed by atoms with Crippen LogP contribution >= 0.6 is 0 Å². The molecule has 1 unspecified atom stereocenters. The Morgan fingerprint density at radius 3 is 2.66 bits per heavy atom. The third-order valence-corrected chi connectivity index (χ3v) is 7.94. The maximum Gasteiger partial charge on any atom is 0.414 e. The number of nitrogens with zero attached hydrogens (tertiary/aromatic N) is 3. The topological polar surface area (TPSA) is 114 Å². The predicted molar refractivity (Wildman–Crippen MR) is 138 cm³/mol. The number of halogens is 1. The number of carboxylic acids is 1. The molecule has 1 fully saturated rings. The molecule has 202 valence electrons. The van der Waals surface area contributed by atoms with E-state index in [1.54, 1.807) is 4.90 Å². The van der Waals surface area contributed by atoms with E-state index in [1.165, 1.54) is 32.4 Å². The number of amides is 1. The van der Waals surface area contributed by atoms with Crippen LogP contribution in [-0.2, 0) is 16.0 Å². The summed E-state index contributed by atoms with van der Waals surface area (Å²) >= 11 is 0. The SMILES string of the molecule is COC(=O)N1c2ccc3c(nc([C@H](O)c4cc(F)ccc4OC)n3C3CCC[C@H](C(=O)O)C3)c2CC[C@@H]1C. The minimum Gasteiger partial charge on any atom is -0.496 e. The van der Waals surface area contributed by atoms with Gasteiger partial charge >= 0.3 is 12.1 Å². The first-order valence-electron chi connectivity index (χ1n) is 12.9. The largest absolute Gasteiger partial charge is 0.496 e. The summed E-state index contributed by atoms with van der Waals surface area (Å²) in [5.74, 6) is -1.26. The van der Waals surface area contributed by atoms with Gasteiger partial charge in [0.25, 0.3) is 0 Å². The van der Waals surface area contributed by atoms with Crippen molar-refractivity contribution in [1.29, 1.82) is 0 Å². The van der Waals surface area contributed by atoms with Crippen LogP contribution in [0.2, 0.25) is 0 Å². The first kappa shape index (κ1) is 26.0. The molecule has 0 radical (unpaired) electrons. The molecule has 38 heavy (non-hydrogen) atoms. The highest BCUT2D eigenvalue weighted by atomic mass is 19.1. The first-order valence-corrected chi connectivity index (χ1v) is 12.9. The summed E-state index contributed by atoms with van der Waals surface area (Å²) in [5, 5.41) is 21.3. The number of aromatic nitrogens is 2. The molecule has 10 heteroatoms. The van der Waals surface area contributed by atoms with E-state index in [9.17, 15) is 24.2 Å². The second-order valence-electron chi connectivity index (χ2n) is 10.1. The van der Waals surface area contributed by atoms with Crippen molar-refractivity contribution in [2.75, 3.05) is 19.1 Å². The number of rotatable bonds is 5. The highest BCUT2D eigenvalue weighted by molar-refractivity contribution is 5.95. The van der Waals surface area contributed by atoms with E-state index in [2.05, 4.69) is 0 Å². The smallest absolute Gasteiger partial charge is 0.414 e. The molecule has 2 heterocycles. The molecule has 2 aliphatic rings. The number of carbonyl (C=O) groups is 2. The minimum atomic E-state index is -1.33. The maximum atomic E-state index is 14.3. The lowest BCUT2D eigenvalue weighted by Crippen LogP contribution is -2.42. The Kier molecular flexibility index (Phi) is 7.00. The highest BCUT2D eigenvalue weighted by Crippen LogP contribution is 2.43. The van der Waals surface area contributed by atoms with Crippen molar-refractivity contribution in [2.45, 2.75) is 63.6 Å². The number of hydrogen-bond acceptors (Lipinski definition) is 6. The number of anilines is 1. The van der Waals surface area contributed by atoms with E-state index < -0.39 is 29.9 Å². The fourth-order valence-electron chi connectivity index (χ4n) is 6.05. The molecule has 1 aromatic heterocycles. The van der Waals surface area contributed by atoms with Crippen molar-refractivity contribution in [3.8, 4) is 5.75 Å². The normalized spacial score (nSPS) is 22.1. The number of aryl methyl sites for hydroxylation is 1. The highest BCUT2D eigenvalue weighted by Gasteiger charge is 2.36. The number of hydrogen-bond donors (Lipinski definition) is 2. The fourth-order valence-corrected chi connectivity index (χ4v) is 6.05. The van der Waals surface area contributed by atoms with Gasteiger partial charge in [0.15, 0.2) is 0 Å². The van der Waals surface area contributed by atoms with Gasteiger partial charge in [-0.2, -0.15) is 0 Å². The molecular formula is C28H32FN3O6. The molecule has 0 spiro atoms. The zero-order valence-corrected chi connectivity index (χ0v) is 21.7. The summed E-state index contributed by atoms with van der Waals surface area (Å²) in [6.45, 7) is 1.96. The van der Waals surface area contributed by atoms with Gasteiger partial charge in [0.1, 0.15) is 23.5 Å². The number of aliphatic hydroxyl groups excluding tert-OH is 1. The molecule has 1 amide bonds. The summed E-state index contributed by atoms with van der Waals surface area (Å²) in [6, 6.07) is 7.37. The second kappa shape index (κ2) is 10.2. The lowest BCUT2D eigenvalue weighted by atomic mass is 9.85. The van der Waals surface area contributed by atoms with Crippen molar-refractivity contribution in [2.24, 2.45) is 5.92 Å². The van der Waals surface area contributed by atoms with Gasteiger partial charge in [0.05, 0.1) is 36.9 Å². The molecule has 0 bridgehead atoms. The molecule has 1 saturated carbocycles. The van der Waals surface area contributed by atoms with Gasteiger partial charge in [-0.3, -0.25) is 9.69 Å². The number of methoxy groups -OCH3 is 2. The number of carboxylic acid groups (broad SMARTS) is 1. The Bertz CT molecular complexity index is 1390. The average molecular weight is 526 g/mol. The average Bonchev–Trinajstić information content (AvgIpc) is 3.32. The van der Waals surface area contributed by atoms with E-state index in [4.69, 9.17) is 14.5 Å². The van der Waals surface area contributed by atoms with Crippen molar-refractivity contribution in [3.63, 3.8) is 0 Å². The lowest BCUT2D eigenvalue weighted by Gasteiger charge is -2.34. The van der Waals surface area contributed by atoms with Crippen LogP contribution in [0.3, 0.4) is 0 Å². The molecule has 9 nitrogen and oxygen atoms in total. The van der Waals surface area contributed by atoms with Crippen LogP contribution in [0, 0.1) is 11.7 Å². The van der Waals surface area contributed by atoms with Crippen LogP contribution < -0.4 is 9.64 Å². The van der Waals surface area contributed by atoms with E-state index in [0.29, 0.717) is 42.6 Å². The van der Waals surface area contributed by atoms with Crippen molar-refractivity contribution < 1.29 is 33.7 Å². The van der Waals surface area contributed by atoms with Crippen LogP contribution in [0.25, 0.3) is 11.0 Å². The van der Waals surface area contributed by atoms with Gasteiger partial charge < -0.3 is 24.3 Å². The van der Waals surface area contributed by atoms with Crippen LogP contribution in [0.5, 0.6) is 5.75 Å². The van der Waals surface area contributed by atoms with Crippen LogP contribution in [0.4, 0.5) is 14.9 Å². The van der Waals surface area contributed by atoms with Gasteiger partial charge in [-0.1, -0.05) is 6.42 Å². The third-order valence-electron chi connectivity index (χ3n) is 7.94. The van der Waals surface area contributed by atoms with E-state index in [1.807, 2.05) is 23.6 Å². The zero-order chi connectivity index (χ0) is 27.1. The molecule has 2 N–H and O–H groups in total. The molecular weight excluding hydrogens is 493 g/mol. The molecule has 5 rings (SSSR count). The summed E-state index contributed by atoms with van der Waals surface area (Å²) in [4.78, 5) is 31.0. The second-order valence-corrected chi connectivity index (χ2v) is 10.1. The summed E-state index contributed by atoms with van der Waals surface area (Å²) in [6.07, 6.45) is 2.01. The summed E-state index contributed by atoms with van der Waals surface area (Å²) < 4.78 is 26.6. The molecule has 4 atom stereocenters. The third kappa shape index (κ3) is 4.36. The van der Waals surface area contributed by atoms with Crippen molar-refractivity contribution >= 4 is 28.8 Å². The van der Waals surface area contributed by atoms with Crippen molar-refractivity contribution in [1.82, 2.24) is 9.55 Å². The quantitative estimate of drug-likeness (QED) is 0.482. The number of carbonyl (C=O) groups excluding carboxylic acids is 1. The van der Waals surface area contributed by atoms with Gasteiger partial charge in [-0.05, 0) is 69.4 Å². The Hall–Kier alpha value is -3.66. The van der Waals surface area contributed by atoms with Gasteiger partial charge in [0, 0.05) is 23.2 Å². The Morgan fingerprint density at radius 2 is 1.95 bits per heavy atom. The zero-order valence-electron chi connectivity index (χ0n) is 21.7. The summed E-state index contributed by atoms with van der Waals surface area (Å²) in [7, 11) is 2.79. The summed E-state index contributed by atoms with van der Waals surface area (Å²) in [5.41, 5.74) is 3.15. The number of imidazole rings is 1. The molecule has 3 aromatic rings. The molecule has 1 aliphatic carbocycles. The number of aliphatic hydroxyl groups is 1. The Morgan fingerprint density at radius 1 is 1.16 bits per heavy atom. The van der Waals surface area contributed by atoms with Crippen LogP contribution in [0.1, 0.15) is 68.1 Å².